The summed E-state index contributed by atoms with van der Waals surface area (Å²) in [5, 5.41) is 3.00. The summed E-state index contributed by atoms with van der Waals surface area (Å²) in [6, 6.07) is 0. The lowest BCUT2D eigenvalue weighted by atomic mass is 10.1. The Balaban J connectivity index is 3.35. The lowest BCUT2D eigenvalue weighted by Crippen LogP contribution is -2.39. The lowest BCUT2D eigenvalue weighted by Gasteiger charge is -2.13. The number of ether oxygens (including phenoxy) is 1. The summed E-state index contributed by atoms with van der Waals surface area (Å²) in [6.45, 7) is 3.89. The normalized spacial score (nSPS) is 12.4. The van der Waals surface area contributed by atoms with Crippen LogP contribution >= 0.6 is 0 Å². The molecule has 18 heavy (non-hydrogen) atoms. The highest BCUT2D eigenvalue weighted by Gasteiger charge is 2.08. The fraction of sp³-hybridized carbons (Fsp3) is 0.923. The number of nitrogens with two attached hydrogens (primary N) is 2. The molecule has 0 saturated carbocycles. The minimum Gasteiger partial charge on any atom is -0.445 e. The second-order valence-corrected chi connectivity index (χ2v) is 4.54. The first kappa shape index (κ1) is 17.4. The van der Waals surface area contributed by atoms with Crippen molar-refractivity contribution in [2.24, 2.45) is 11.5 Å². The Morgan fingerprint density at radius 3 is 2.56 bits per heavy atom. The van der Waals surface area contributed by atoms with Crippen molar-refractivity contribution in [3.63, 3.8) is 0 Å². The van der Waals surface area contributed by atoms with Crippen molar-refractivity contribution in [1.82, 2.24) is 5.32 Å². The van der Waals surface area contributed by atoms with Crippen LogP contribution in [0.1, 0.15) is 51.9 Å². The minimum atomic E-state index is -0.566. The Hall–Kier alpha value is -0.650. The van der Waals surface area contributed by atoms with Gasteiger partial charge in [0.15, 0.2) is 6.23 Å². The molecule has 108 valence electrons. The van der Waals surface area contributed by atoms with Crippen molar-refractivity contribution in [2.45, 2.75) is 58.1 Å². The maximum Gasteiger partial charge on any atom is 0.307 e. The number of carbonyl (C=O) groups is 1. The number of carbonyl (C=O) groups excluding carboxylic acids is 1. The molecule has 0 radical (unpaired) electrons. The summed E-state index contributed by atoms with van der Waals surface area (Å²) < 4.78 is 5.06. The van der Waals surface area contributed by atoms with E-state index in [2.05, 4.69) is 12.2 Å². The second-order valence-electron chi connectivity index (χ2n) is 4.54. The van der Waals surface area contributed by atoms with Gasteiger partial charge < -0.3 is 15.8 Å². The molecule has 1 unspecified atom stereocenters. The van der Waals surface area contributed by atoms with E-state index >= 15 is 0 Å². The molecule has 0 bridgehead atoms. The molecule has 5 N–H and O–H groups in total. The van der Waals surface area contributed by atoms with Crippen LogP contribution in [0.25, 0.3) is 0 Å². The number of esters is 1. The van der Waals surface area contributed by atoms with Gasteiger partial charge in [0.05, 0.1) is 0 Å². The zero-order valence-corrected chi connectivity index (χ0v) is 11.6. The summed E-state index contributed by atoms with van der Waals surface area (Å²) >= 11 is 0. The van der Waals surface area contributed by atoms with Crippen molar-refractivity contribution >= 4 is 5.97 Å². The smallest absolute Gasteiger partial charge is 0.307 e. The van der Waals surface area contributed by atoms with Crippen LogP contribution in [0.15, 0.2) is 0 Å². The molecule has 0 heterocycles. The Kier molecular flexibility index (Phi) is 12.3. The van der Waals surface area contributed by atoms with Gasteiger partial charge in [-0.3, -0.25) is 10.5 Å². The first-order valence-corrected chi connectivity index (χ1v) is 7.06. The molecule has 5 heteroatoms. The number of rotatable bonds is 12. The zero-order chi connectivity index (χ0) is 13.6. The van der Waals surface area contributed by atoms with Crippen LogP contribution in [0.3, 0.4) is 0 Å². The molecule has 0 spiro atoms. The summed E-state index contributed by atoms with van der Waals surface area (Å²) in [5.74, 6) is -0.201. The third kappa shape index (κ3) is 11.8. The first-order valence-electron chi connectivity index (χ1n) is 7.06. The largest absolute Gasteiger partial charge is 0.445 e. The summed E-state index contributed by atoms with van der Waals surface area (Å²) in [6.07, 6.45) is 6.87. The second kappa shape index (κ2) is 12.8. The summed E-state index contributed by atoms with van der Waals surface area (Å²) in [7, 11) is 0. The van der Waals surface area contributed by atoms with Gasteiger partial charge >= 0.3 is 5.97 Å². The Morgan fingerprint density at radius 1 is 1.22 bits per heavy atom. The van der Waals surface area contributed by atoms with E-state index in [1.807, 2.05) is 0 Å². The monoisotopic (exact) mass is 259 g/mol. The Labute approximate surface area is 111 Å². The molecule has 0 aromatic carbocycles. The van der Waals surface area contributed by atoms with Crippen molar-refractivity contribution in [3.05, 3.63) is 0 Å². The van der Waals surface area contributed by atoms with Crippen molar-refractivity contribution < 1.29 is 9.53 Å². The average Bonchev–Trinajstić information content (AvgIpc) is 2.34. The molecule has 0 aliphatic rings. The van der Waals surface area contributed by atoms with Gasteiger partial charge in [-0.25, -0.2) is 0 Å². The first-order chi connectivity index (χ1) is 8.70. The van der Waals surface area contributed by atoms with Crippen LogP contribution in [-0.2, 0) is 9.53 Å². The topological polar surface area (TPSA) is 90.4 Å². The third-order valence-corrected chi connectivity index (χ3v) is 2.68. The molecule has 5 nitrogen and oxygen atoms in total. The van der Waals surface area contributed by atoms with Gasteiger partial charge in [-0.1, -0.05) is 39.0 Å². The standard InChI is InChI=1S/C13H29N3O2/c1-2-3-4-5-6-7-8-13(17)18-12(15)11-16-10-9-14/h12,16H,2-11,14-15H2,1H3. The van der Waals surface area contributed by atoms with E-state index in [0.717, 1.165) is 12.8 Å². The highest BCUT2D eigenvalue weighted by atomic mass is 16.6. The van der Waals surface area contributed by atoms with E-state index in [1.165, 1.54) is 25.7 Å². The highest BCUT2D eigenvalue weighted by Crippen LogP contribution is 2.07. The predicted molar refractivity (Wildman–Crippen MR) is 74.0 cm³/mol. The summed E-state index contributed by atoms with van der Waals surface area (Å²) in [4.78, 5) is 11.4. The molecule has 0 aliphatic carbocycles. The van der Waals surface area contributed by atoms with E-state index in [4.69, 9.17) is 16.2 Å². The molecule has 1 atom stereocenters. The molecular weight excluding hydrogens is 230 g/mol. The molecule has 0 rings (SSSR count). The maximum atomic E-state index is 11.4. The molecule has 0 saturated heterocycles. The van der Waals surface area contributed by atoms with Crippen LogP contribution in [0.5, 0.6) is 0 Å². The van der Waals surface area contributed by atoms with Crippen molar-refractivity contribution in [2.75, 3.05) is 19.6 Å². The molecule has 0 aromatic heterocycles. The number of nitrogens with one attached hydrogen (secondary N) is 1. The van der Waals surface area contributed by atoms with Gasteiger partial charge in [-0.05, 0) is 6.42 Å². The van der Waals surface area contributed by atoms with Gasteiger partial charge in [0.25, 0.3) is 0 Å². The van der Waals surface area contributed by atoms with Crippen molar-refractivity contribution in [1.29, 1.82) is 0 Å². The molecule has 0 aliphatic heterocycles. The average molecular weight is 259 g/mol. The van der Waals surface area contributed by atoms with Gasteiger partial charge in [-0.15, -0.1) is 0 Å². The minimum absolute atomic E-state index is 0.201. The van der Waals surface area contributed by atoms with Crippen molar-refractivity contribution in [3.8, 4) is 0 Å². The van der Waals surface area contributed by atoms with Gasteiger partial charge in [0, 0.05) is 26.1 Å². The van der Waals surface area contributed by atoms with Crippen LogP contribution in [-0.4, -0.2) is 31.8 Å². The van der Waals surface area contributed by atoms with Crippen LogP contribution < -0.4 is 16.8 Å². The van der Waals surface area contributed by atoms with E-state index in [-0.39, 0.29) is 5.97 Å². The predicted octanol–water partition coefficient (Wildman–Crippen LogP) is 1.11. The van der Waals surface area contributed by atoms with E-state index < -0.39 is 6.23 Å². The fourth-order valence-electron chi connectivity index (χ4n) is 1.67. The highest BCUT2D eigenvalue weighted by molar-refractivity contribution is 5.69. The van der Waals surface area contributed by atoms with Crippen LogP contribution in [0.4, 0.5) is 0 Å². The fourth-order valence-corrected chi connectivity index (χ4v) is 1.67. The lowest BCUT2D eigenvalue weighted by molar-refractivity contribution is -0.148. The van der Waals surface area contributed by atoms with E-state index in [9.17, 15) is 4.79 Å². The number of hydrogen-bond donors (Lipinski definition) is 3. The third-order valence-electron chi connectivity index (χ3n) is 2.68. The molecule has 0 amide bonds. The van der Waals surface area contributed by atoms with E-state index in [0.29, 0.717) is 26.1 Å². The number of unbranched alkanes of at least 4 members (excludes halogenated alkanes) is 5. The molecular formula is C13H29N3O2. The maximum absolute atomic E-state index is 11.4. The molecule has 0 fully saturated rings. The number of hydrogen-bond acceptors (Lipinski definition) is 5. The Morgan fingerprint density at radius 2 is 1.89 bits per heavy atom. The summed E-state index contributed by atoms with van der Waals surface area (Å²) in [5.41, 5.74) is 11.0. The quantitative estimate of drug-likeness (QED) is 0.277. The van der Waals surface area contributed by atoms with Gasteiger partial charge in [-0.2, -0.15) is 0 Å². The molecule has 0 aromatic rings. The Bertz CT molecular complexity index is 201. The van der Waals surface area contributed by atoms with Gasteiger partial charge in [0.1, 0.15) is 0 Å². The SMILES string of the molecule is CCCCCCCCC(=O)OC(N)CNCCN. The van der Waals surface area contributed by atoms with E-state index in [1.54, 1.807) is 0 Å². The zero-order valence-electron chi connectivity index (χ0n) is 11.6. The van der Waals surface area contributed by atoms with Gasteiger partial charge in [0.2, 0.25) is 0 Å². The van der Waals surface area contributed by atoms with Crippen LogP contribution in [0, 0.1) is 0 Å². The van der Waals surface area contributed by atoms with Crippen LogP contribution in [0.2, 0.25) is 0 Å².